The van der Waals surface area contributed by atoms with Gasteiger partial charge in [-0.1, -0.05) is 30.6 Å². The first-order chi connectivity index (χ1) is 14.2. The molecule has 3 rings (SSSR count). The second-order valence-electron chi connectivity index (χ2n) is 7.11. The number of rotatable bonds is 10. The molecule has 0 bridgehead atoms. The fourth-order valence-corrected chi connectivity index (χ4v) is 3.43. The summed E-state index contributed by atoms with van der Waals surface area (Å²) < 4.78 is 5.79. The molecule has 0 amide bonds. The lowest BCUT2D eigenvalue weighted by Gasteiger charge is -2.26. The van der Waals surface area contributed by atoms with Crippen LogP contribution >= 0.6 is 0 Å². The van der Waals surface area contributed by atoms with E-state index in [0.717, 1.165) is 12.3 Å². The monoisotopic (exact) mass is 393 g/mol. The molecule has 0 unspecified atom stereocenters. The van der Waals surface area contributed by atoms with Gasteiger partial charge in [-0.3, -0.25) is 14.5 Å². The average Bonchev–Trinajstić information content (AvgIpc) is 2.75. The summed E-state index contributed by atoms with van der Waals surface area (Å²) in [6, 6.07) is 8.21. The number of likely N-dealkylation sites (tertiary alicyclic amines) is 1. The first-order valence-electron chi connectivity index (χ1n) is 10.0. The predicted molar refractivity (Wildman–Crippen MR) is 117 cm³/mol. The molecular formula is C23H27N3O3. The number of ether oxygens (including phenoxy) is 1. The lowest BCUT2D eigenvalue weighted by molar-refractivity contribution is 0.220. The fraction of sp³-hybridized carbons (Fsp3) is 0.391. The van der Waals surface area contributed by atoms with Crippen LogP contribution in [0.4, 0.5) is 11.4 Å². The largest absolute Gasteiger partial charge is 0.490 e. The van der Waals surface area contributed by atoms with Crippen molar-refractivity contribution in [1.29, 1.82) is 0 Å². The van der Waals surface area contributed by atoms with Gasteiger partial charge >= 0.3 is 0 Å². The van der Waals surface area contributed by atoms with E-state index in [9.17, 15) is 9.59 Å². The van der Waals surface area contributed by atoms with Gasteiger partial charge in [-0.05, 0) is 49.7 Å². The topological polar surface area (TPSA) is 70.7 Å². The van der Waals surface area contributed by atoms with Crippen molar-refractivity contribution in [2.24, 2.45) is 0 Å². The summed E-state index contributed by atoms with van der Waals surface area (Å²) in [6.45, 7) is 4.38. The molecule has 6 nitrogen and oxygen atoms in total. The van der Waals surface area contributed by atoms with Crippen molar-refractivity contribution in [3.63, 3.8) is 0 Å². The van der Waals surface area contributed by atoms with Gasteiger partial charge in [0.15, 0.2) is 0 Å². The van der Waals surface area contributed by atoms with Gasteiger partial charge in [0.2, 0.25) is 0 Å². The van der Waals surface area contributed by atoms with E-state index < -0.39 is 10.9 Å². The molecule has 152 valence electrons. The average molecular weight is 393 g/mol. The van der Waals surface area contributed by atoms with Crippen molar-refractivity contribution < 1.29 is 4.74 Å². The molecule has 2 aromatic rings. The van der Waals surface area contributed by atoms with Gasteiger partial charge in [0, 0.05) is 13.1 Å². The van der Waals surface area contributed by atoms with E-state index in [1.54, 1.807) is 0 Å². The quantitative estimate of drug-likeness (QED) is 0.367. The third-order valence-corrected chi connectivity index (χ3v) is 4.94. The van der Waals surface area contributed by atoms with E-state index in [0.29, 0.717) is 18.8 Å². The molecule has 0 atom stereocenters. The Morgan fingerprint density at radius 3 is 2.59 bits per heavy atom. The molecular weight excluding hydrogens is 366 g/mol. The zero-order valence-corrected chi connectivity index (χ0v) is 16.6. The highest BCUT2D eigenvalue weighted by molar-refractivity contribution is 5.74. The number of hydrogen-bond acceptors (Lipinski definition) is 6. The van der Waals surface area contributed by atoms with Crippen LogP contribution in [0, 0.1) is 12.3 Å². The molecule has 0 radical (unpaired) electrons. The van der Waals surface area contributed by atoms with Crippen molar-refractivity contribution in [2.45, 2.75) is 25.8 Å². The Kier molecular flexibility index (Phi) is 7.48. The summed E-state index contributed by atoms with van der Waals surface area (Å²) >= 11 is 0. The molecule has 1 aliphatic rings. The summed E-state index contributed by atoms with van der Waals surface area (Å²) in [6.07, 6.45) is 12.8. The van der Waals surface area contributed by atoms with Crippen LogP contribution in [0.2, 0.25) is 0 Å². The van der Waals surface area contributed by atoms with E-state index in [1.807, 2.05) is 24.3 Å². The number of nitrogens with zero attached hydrogens (tertiary/aromatic N) is 1. The van der Waals surface area contributed by atoms with E-state index in [2.05, 4.69) is 33.6 Å². The maximum atomic E-state index is 11.6. The fourth-order valence-electron chi connectivity index (χ4n) is 3.43. The molecule has 0 aromatic heterocycles. The van der Waals surface area contributed by atoms with Gasteiger partial charge in [0.05, 0.1) is 6.54 Å². The van der Waals surface area contributed by atoms with Crippen molar-refractivity contribution in [3.05, 3.63) is 62.4 Å². The Balaban J connectivity index is 1.41. The maximum Gasteiger partial charge on any atom is 0.253 e. The van der Waals surface area contributed by atoms with Crippen molar-refractivity contribution in [1.82, 2.24) is 4.90 Å². The highest BCUT2D eigenvalue weighted by Gasteiger charge is 2.19. The van der Waals surface area contributed by atoms with Crippen LogP contribution in [0.1, 0.15) is 24.8 Å². The van der Waals surface area contributed by atoms with Crippen LogP contribution in [0.15, 0.2) is 46.0 Å². The van der Waals surface area contributed by atoms with Crippen LogP contribution in [-0.2, 0) is 6.54 Å². The third-order valence-electron chi connectivity index (χ3n) is 4.94. The second kappa shape index (κ2) is 10.5. The summed E-state index contributed by atoms with van der Waals surface area (Å²) in [5.74, 6) is 3.23. The van der Waals surface area contributed by atoms with Gasteiger partial charge in [0.1, 0.15) is 23.7 Å². The Bertz CT molecular complexity index is 945. The number of benzene rings is 1. The van der Waals surface area contributed by atoms with E-state index in [1.165, 1.54) is 37.9 Å². The molecule has 0 spiro atoms. The Morgan fingerprint density at radius 2 is 1.83 bits per heavy atom. The smallest absolute Gasteiger partial charge is 0.253 e. The zero-order chi connectivity index (χ0) is 20.5. The van der Waals surface area contributed by atoms with Gasteiger partial charge in [-0.15, -0.1) is 6.42 Å². The molecule has 2 aromatic carbocycles. The number of piperidine rings is 1. The minimum absolute atomic E-state index is 0.208. The standard InChI is InChI=1S/C23H27N3O3/c1-2-11-24-20-21(23(28)22(20)27)25-12-4-7-15-29-19-10-8-9-18(16-19)17-26-13-5-3-6-14-26/h1,4,7-10,16,24-25H,3,5-6,11-15,17H2. The van der Waals surface area contributed by atoms with Crippen LogP contribution in [-0.4, -0.2) is 37.7 Å². The molecule has 1 heterocycles. The molecule has 6 heteroatoms. The lowest BCUT2D eigenvalue weighted by atomic mass is 10.1. The molecule has 0 aliphatic carbocycles. The van der Waals surface area contributed by atoms with Crippen LogP contribution in [0.5, 0.6) is 5.75 Å². The molecule has 1 saturated heterocycles. The molecule has 0 saturated carbocycles. The molecule has 1 fully saturated rings. The van der Waals surface area contributed by atoms with E-state index in [4.69, 9.17) is 11.2 Å². The van der Waals surface area contributed by atoms with E-state index in [-0.39, 0.29) is 12.2 Å². The number of terminal acetylenes is 1. The van der Waals surface area contributed by atoms with Crippen LogP contribution in [0.25, 0.3) is 0 Å². The number of hydrogen-bond donors (Lipinski definition) is 2. The summed E-state index contributed by atoms with van der Waals surface area (Å²) in [4.78, 5) is 25.6. The predicted octanol–water partition coefficient (Wildman–Crippen LogP) is 2.36. The summed E-state index contributed by atoms with van der Waals surface area (Å²) in [5, 5.41) is 5.71. The Labute approximate surface area is 171 Å². The maximum absolute atomic E-state index is 11.6. The number of anilines is 2. The van der Waals surface area contributed by atoms with Gasteiger partial charge in [0.25, 0.3) is 10.9 Å². The highest BCUT2D eigenvalue weighted by Crippen LogP contribution is 2.17. The Hall–Kier alpha value is -3.04. The van der Waals surface area contributed by atoms with Crippen molar-refractivity contribution in [2.75, 3.05) is 43.4 Å². The van der Waals surface area contributed by atoms with Crippen LogP contribution < -0.4 is 26.2 Å². The van der Waals surface area contributed by atoms with Crippen molar-refractivity contribution in [3.8, 4) is 18.1 Å². The third kappa shape index (κ3) is 5.72. The minimum Gasteiger partial charge on any atom is -0.490 e. The van der Waals surface area contributed by atoms with Gasteiger partial charge < -0.3 is 15.4 Å². The lowest BCUT2D eigenvalue weighted by Crippen LogP contribution is -2.37. The van der Waals surface area contributed by atoms with Crippen LogP contribution in [0.3, 0.4) is 0 Å². The van der Waals surface area contributed by atoms with Crippen molar-refractivity contribution >= 4 is 11.4 Å². The molecule has 1 aliphatic heterocycles. The van der Waals surface area contributed by atoms with Gasteiger partial charge in [-0.25, -0.2) is 0 Å². The second-order valence-corrected chi connectivity index (χ2v) is 7.11. The highest BCUT2D eigenvalue weighted by atomic mass is 16.5. The van der Waals surface area contributed by atoms with Gasteiger partial charge in [-0.2, -0.15) is 0 Å². The molecule has 29 heavy (non-hydrogen) atoms. The first-order valence-corrected chi connectivity index (χ1v) is 10.0. The summed E-state index contributed by atoms with van der Waals surface area (Å²) in [7, 11) is 0. The molecule has 2 N–H and O–H groups in total. The SMILES string of the molecule is C#CCNc1c(NCC=CCOc2cccc(CN3CCCCC3)c2)c(=O)c1=O. The van der Waals surface area contributed by atoms with E-state index >= 15 is 0 Å². The minimum atomic E-state index is -0.528. The number of nitrogens with one attached hydrogen (secondary N) is 2. The summed E-state index contributed by atoms with van der Waals surface area (Å²) in [5.41, 5.74) is 0.783. The zero-order valence-electron chi connectivity index (χ0n) is 16.6. The normalized spacial score (nSPS) is 14.7. The first kappa shape index (κ1) is 20.7. The Morgan fingerprint density at radius 1 is 1.07 bits per heavy atom.